The molecule has 1 unspecified atom stereocenters. The molecule has 0 fully saturated rings. The van der Waals surface area contributed by atoms with Gasteiger partial charge in [0.25, 0.3) is 0 Å². The molecule has 20 heavy (non-hydrogen) atoms. The predicted molar refractivity (Wildman–Crippen MR) is 77.0 cm³/mol. The number of hydrogen-bond acceptors (Lipinski definition) is 4. The first-order valence-corrected chi connectivity index (χ1v) is 6.66. The van der Waals surface area contributed by atoms with E-state index in [-0.39, 0.29) is 12.5 Å². The minimum absolute atomic E-state index is 0.0299. The van der Waals surface area contributed by atoms with Gasteiger partial charge in [0.1, 0.15) is 11.9 Å². The average molecular weight is 300 g/mol. The highest BCUT2D eigenvalue weighted by Crippen LogP contribution is 2.12. The van der Waals surface area contributed by atoms with E-state index in [4.69, 9.17) is 16.7 Å². The monoisotopic (exact) mass is 299 g/mol. The van der Waals surface area contributed by atoms with E-state index in [1.54, 1.807) is 24.1 Å². The van der Waals surface area contributed by atoms with Gasteiger partial charge in [-0.05, 0) is 18.6 Å². The second kappa shape index (κ2) is 7.69. The number of carboxylic acid groups (broad SMARTS) is 1. The summed E-state index contributed by atoms with van der Waals surface area (Å²) in [6.07, 6.45) is 2.58. The Morgan fingerprint density at radius 1 is 1.50 bits per heavy atom. The molecule has 1 amide bonds. The molecule has 0 saturated carbocycles. The zero-order valence-corrected chi connectivity index (χ0v) is 12.2. The summed E-state index contributed by atoms with van der Waals surface area (Å²) in [5, 5.41) is 12.0. The molecule has 1 aromatic heterocycles. The maximum atomic E-state index is 11.8. The number of rotatable bonds is 7. The summed E-state index contributed by atoms with van der Waals surface area (Å²) < 4.78 is 0. The number of nitrogens with one attached hydrogen (secondary N) is 1. The van der Waals surface area contributed by atoms with E-state index in [9.17, 15) is 9.59 Å². The fourth-order valence-electron chi connectivity index (χ4n) is 1.68. The molecule has 0 aliphatic heterocycles. The summed E-state index contributed by atoms with van der Waals surface area (Å²) >= 11 is 5.73. The fraction of sp³-hybridized carbons (Fsp3) is 0.462. The van der Waals surface area contributed by atoms with E-state index in [0.717, 1.165) is 0 Å². The van der Waals surface area contributed by atoms with Gasteiger partial charge in [0.2, 0.25) is 5.91 Å². The van der Waals surface area contributed by atoms with Crippen LogP contribution in [0.3, 0.4) is 0 Å². The molecular formula is C13H18ClN3O3. The van der Waals surface area contributed by atoms with Crippen LogP contribution in [0.15, 0.2) is 18.3 Å². The predicted octanol–water partition coefficient (Wildman–Crippen LogP) is 1.54. The Labute approximate surface area is 122 Å². The van der Waals surface area contributed by atoms with Crippen molar-refractivity contribution in [3.8, 4) is 0 Å². The lowest BCUT2D eigenvalue weighted by Gasteiger charge is -2.19. The van der Waals surface area contributed by atoms with Crippen LogP contribution < -0.4 is 10.2 Å². The third-order valence-corrected chi connectivity index (χ3v) is 2.92. The minimum atomic E-state index is -1.02. The SMILES string of the molecule is CCCC(NC(=O)CN(C)c1ccc(Cl)cn1)C(=O)O. The number of amides is 1. The maximum absolute atomic E-state index is 11.8. The zero-order valence-electron chi connectivity index (χ0n) is 11.5. The smallest absolute Gasteiger partial charge is 0.326 e. The van der Waals surface area contributed by atoms with E-state index >= 15 is 0 Å². The molecule has 0 spiro atoms. The van der Waals surface area contributed by atoms with Gasteiger partial charge in [0.15, 0.2) is 0 Å². The van der Waals surface area contributed by atoms with Gasteiger partial charge in [-0.15, -0.1) is 0 Å². The highest BCUT2D eigenvalue weighted by atomic mass is 35.5. The summed E-state index contributed by atoms with van der Waals surface area (Å²) in [4.78, 5) is 28.5. The van der Waals surface area contributed by atoms with Gasteiger partial charge >= 0.3 is 5.97 Å². The van der Waals surface area contributed by atoms with Gasteiger partial charge in [-0.25, -0.2) is 9.78 Å². The average Bonchev–Trinajstić information content (AvgIpc) is 2.38. The summed E-state index contributed by atoms with van der Waals surface area (Å²) in [7, 11) is 1.70. The van der Waals surface area contributed by atoms with Crippen molar-refractivity contribution in [1.29, 1.82) is 0 Å². The van der Waals surface area contributed by atoms with Crippen molar-refractivity contribution < 1.29 is 14.7 Å². The van der Waals surface area contributed by atoms with E-state index in [1.165, 1.54) is 6.20 Å². The third-order valence-electron chi connectivity index (χ3n) is 2.69. The van der Waals surface area contributed by atoms with Crippen molar-refractivity contribution in [3.63, 3.8) is 0 Å². The van der Waals surface area contributed by atoms with Crippen LogP contribution in [0.1, 0.15) is 19.8 Å². The number of carbonyl (C=O) groups excluding carboxylic acids is 1. The second-order valence-corrected chi connectivity index (χ2v) is 4.87. The number of nitrogens with zero attached hydrogens (tertiary/aromatic N) is 2. The number of carbonyl (C=O) groups is 2. The molecule has 7 heteroatoms. The molecule has 6 nitrogen and oxygen atoms in total. The molecule has 0 aliphatic rings. The van der Waals surface area contributed by atoms with Crippen LogP contribution in [-0.2, 0) is 9.59 Å². The lowest BCUT2D eigenvalue weighted by molar-refractivity contribution is -0.141. The number of likely N-dealkylation sites (N-methyl/N-ethyl adjacent to an activating group) is 1. The molecule has 1 aromatic rings. The summed E-state index contributed by atoms with van der Waals surface area (Å²) in [5.41, 5.74) is 0. The molecule has 0 saturated heterocycles. The Morgan fingerprint density at radius 3 is 2.70 bits per heavy atom. The van der Waals surface area contributed by atoms with Crippen molar-refractivity contribution in [2.45, 2.75) is 25.8 Å². The van der Waals surface area contributed by atoms with Crippen molar-refractivity contribution >= 4 is 29.3 Å². The normalized spacial score (nSPS) is 11.8. The standard InChI is InChI=1S/C13H18ClN3O3/c1-3-4-10(13(19)20)16-12(18)8-17(2)11-6-5-9(14)7-15-11/h5-7,10H,3-4,8H2,1-2H3,(H,16,18)(H,19,20). The molecule has 0 aromatic carbocycles. The van der Waals surface area contributed by atoms with E-state index in [0.29, 0.717) is 23.7 Å². The molecule has 1 heterocycles. The Hall–Kier alpha value is -1.82. The number of halogens is 1. The van der Waals surface area contributed by atoms with Gasteiger partial charge < -0.3 is 15.3 Å². The van der Waals surface area contributed by atoms with Gasteiger partial charge in [0, 0.05) is 13.2 Å². The second-order valence-electron chi connectivity index (χ2n) is 4.44. The highest BCUT2D eigenvalue weighted by molar-refractivity contribution is 6.30. The maximum Gasteiger partial charge on any atom is 0.326 e. The van der Waals surface area contributed by atoms with Crippen LogP contribution in [0.4, 0.5) is 5.82 Å². The van der Waals surface area contributed by atoms with Gasteiger partial charge in [-0.1, -0.05) is 24.9 Å². The van der Waals surface area contributed by atoms with Crippen molar-refractivity contribution in [3.05, 3.63) is 23.4 Å². The first kappa shape index (κ1) is 16.2. The minimum Gasteiger partial charge on any atom is -0.480 e. The lowest BCUT2D eigenvalue weighted by Crippen LogP contribution is -2.45. The van der Waals surface area contributed by atoms with Crippen LogP contribution >= 0.6 is 11.6 Å². The molecule has 110 valence electrons. The highest BCUT2D eigenvalue weighted by Gasteiger charge is 2.19. The first-order valence-electron chi connectivity index (χ1n) is 6.29. The molecular weight excluding hydrogens is 282 g/mol. The molecule has 0 aliphatic carbocycles. The van der Waals surface area contributed by atoms with Crippen LogP contribution in [0.5, 0.6) is 0 Å². The number of carboxylic acids is 1. The Bertz CT molecular complexity index is 464. The van der Waals surface area contributed by atoms with Gasteiger partial charge in [0.05, 0.1) is 11.6 Å². The van der Waals surface area contributed by atoms with Crippen LogP contribution in [0.25, 0.3) is 0 Å². The van der Waals surface area contributed by atoms with E-state index < -0.39 is 12.0 Å². The largest absolute Gasteiger partial charge is 0.480 e. The molecule has 2 N–H and O–H groups in total. The van der Waals surface area contributed by atoms with Gasteiger partial charge in [-0.3, -0.25) is 4.79 Å². The summed E-state index contributed by atoms with van der Waals surface area (Å²) in [5.74, 6) is -0.788. The van der Waals surface area contributed by atoms with Crippen molar-refractivity contribution in [1.82, 2.24) is 10.3 Å². The number of anilines is 1. The van der Waals surface area contributed by atoms with Crippen LogP contribution in [0.2, 0.25) is 5.02 Å². The quantitative estimate of drug-likeness (QED) is 0.798. The third kappa shape index (κ3) is 5.05. The Balaban J connectivity index is 2.56. The Kier molecular flexibility index (Phi) is 6.24. The molecule has 0 radical (unpaired) electrons. The zero-order chi connectivity index (χ0) is 15.1. The first-order chi connectivity index (χ1) is 9.43. The fourth-order valence-corrected chi connectivity index (χ4v) is 1.79. The summed E-state index contributed by atoms with van der Waals surface area (Å²) in [6, 6.07) is 2.52. The van der Waals surface area contributed by atoms with Crippen molar-refractivity contribution in [2.24, 2.45) is 0 Å². The van der Waals surface area contributed by atoms with E-state index in [1.807, 2.05) is 6.92 Å². The summed E-state index contributed by atoms with van der Waals surface area (Å²) in [6.45, 7) is 1.90. The number of pyridine rings is 1. The van der Waals surface area contributed by atoms with Crippen molar-refractivity contribution in [2.75, 3.05) is 18.5 Å². The molecule has 1 atom stereocenters. The lowest BCUT2D eigenvalue weighted by atomic mass is 10.1. The van der Waals surface area contributed by atoms with Gasteiger partial charge in [-0.2, -0.15) is 0 Å². The molecule has 0 bridgehead atoms. The molecule has 1 rings (SSSR count). The van der Waals surface area contributed by atoms with Crippen LogP contribution in [-0.4, -0.2) is 41.6 Å². The van der Waals surface area contributed by atoms with E-state index in [2.05, 4.69) is 10.3 Å². The van der Waals surface area contributed by atoms with Crippen LogP contribution in [0, 0.1) is 0 Å². The Morgan fingerprint density at radius 2 is 2.20 bits per heavy atom. The number of aromatic nitrogens is 1. The number of aliphatic carboxylic acids is 1. The number of hydrogen-bond donors (Lipinski definition) is 2. The topological polar surface area (TPSA) is 82.5 Å².